The highest BCUT2D eigenvalue weighted by atomic mass is 79.9. The molecule has 0 fully saturated rings. The first-order chi connectivity index (χ1) is 8.56. The van der Waals surface area contributed by atoms with Crippen LogP contribution in [0.3, 0.4) is 0 Å². The van der Waals surface area contributed by atoms with Crippen molar-refractivity contribution >= 4 is 15.9 Å². The molecule has 0 aromatic heterocycles. The summed E-state index contributed by atoms with van der Waals surface area (Å²) in [4.78, 5) is 0. The number of hydrogen-bond donors (Lipinski definition) is 1. The average Bonchev–Trinajstić information content (AvgIpc) is 2.33. The molecule has 1 rings (SSSR count). The van der Waals surface area contributed by atoms with Gasteiger partial charge < -0.3 is 15.2 Å². The predicted molar refractivity (Wildman–Crippen MR) is 73.1 cm³/mol. The van der Waals surface area contributed by atoms with Crippen molar-refractivity contribution in [1.82, 2.24) is 0 Å². The third kappa shape index (κ3) is 4.55. The number of halogens is 2. The Morgan fingerprint density at radius 3 is 2.67 bits per heavy atom. The van der Waals surface area contributed by atoms with Crippen LogP contribution in [0.5, 0.6) is 5.75 Å². The number of rotatable bonds is 7. The summed E-state index contributed by atoms with van der Waals surface area (Å²) >= 11 is 3.17. The Balaban J connectivity index is 2.46. The molecule has 0 heterocycles. The highest BCUT2D eigenvalue weighted by molar-refractivity contribution is 9.10. The molecule has 5 heteroatoms. The van der Waals surface area contributed by atoms with Gasteiger partial charge in [0.05, 0.1) is 11.1 Å². The van der Waals surface area contributed by atoms with Gasteiger partial charge in [0, 0.05) is 13.2 Å². The molecule has 0 amide bonds. The summed E-state index contributed by atoms with van der Waals surface area (Å²) in [6.45, 7) is 5.90. The smallest absolute Gasteiger partial charge is 0.179 e. The molecule has 18 heavy (non-hydrogen) atoms. The van der Waals surface area contributed by atoms with E-state index >= 15 is 0 Å². The fourth-order valence-electron chi connectivity index (χ4n) is 1.37. The first-order valence-electron chi connectivity index (χ1n) is 5.93. The lowest BCUT2D eigenvalue weighted by molar-refractivity contribution is 0.0807. The lowest BCUT2D eigenvalue weighted by Gasteiger charge is -2.11. The zero-order valence-corrected chi connectivity index (χ0v) is 12.3. The van der Waals surface area contributed by atoms with Gasteiger partial charge in [0.1, 0.15) is 6.61 Å². The number of hydrogen-bond acceptors (Lipinski definition) is 3. The molecule has 0 aliphatic carbocycles. The molecule has 1 aromatic rings. The van der Waals surface area contributed by atoms with Crippen molar-refractivity contribution in [2.24, 2.45) is 11.7 Å². The lowest BCUT2D eigenvalue weighted by Crippen LogP contribution is -2.11. The molecule has 0 bridgehead atoms. The van der Waals surface area contributed by atoms with Gasteiger partial charge in [0.2, 0.25) is 0 Å². The molecule has 0 radical (unpaired) electrons. The zero-order chi connectivity index (χ0) is 13.5. The maximum absolute atomic E-state index is 13.8. The molecular formula is C13H19BrFNO2. The molecule has 0 spiro atoms. The molecule has 0 aliphatic rings. The van der Waals surface area contributed by atoms with Crippen LogP contribution < -0.4 is 10.5 Å². The van der Waals surface area contributed by atoms with Crippen LogP contribution in [-0.4, -0.2) is 19.8 Å². The van der Waals surface area contributed by atoms with Crippen molar-refractivity contribution in [3.63, 3.8) is 0 Å². The minimum Gasteiger partial charge on any atom is -0.488 e. The van der Waals surface area contributed by atoms with Crippen LogP contribution in [-0.2, 0) is 11.3 Å². The summed E-state index contributed by atoms with van der Waals surface area (Å²) in [5, 5.41) is 0. The number of ether oxygens (including phenoxy) is 2. The van der Waals surface area contributed by atoms with Crippen LogP contribution >= 0.6 is 15.9 Å². The molecule has 0 saturated carbocycles. The molecule has 0 unspecified atom stereocenters. The van der Waals surface area contributed by atoms with Gasteiger partial charge in [-0.3, -0.25) is 0 Å². The standard InChI is InChI=1S/C13H19BrFNO2/c1-9(2)8-17-5-6-18-11-4-3-10(7-16)12(14)13(11)15/h3-4,9H,5-8,16H2,1-2H3. The van der Waals surface area contributed by atoms with Gasteiger partial charge in [-0.1, -0.05) is 19.9 Å². The Labute approximate surface area is 116 Å². The predicted octanol–water partition coefficient (Wildman–Crippen LogP) is 3.10. The zero-order valence-electron chi connectivity index (χ0n) is 10.7. The van der Waals surface area contributed by atoms with Gasteiger partial charge in [0.25, 0.3) is 0 Å². The first-order valence-corrected chi connectivity index (χ1v) is 6.73. The van der Waals surface area contributed by atoms with E-state index in [0.29, 0.717) is 30.2 Å². The van der Waals surface area contributed by atoms with Crippen LogP contribution in [0.1, 0.15) is 19.4 Å². The molecular weight excluding hydrogens is 301 g/mol. The van der Waals surface area contributed by atoms with Gasteiger partial charge in [-0.2, -0.15) is 0 Å². The largest absolute Gasteiger partial charge is 0.488 e. The van der Waals surface area contributed by atoms with Crippen LogP contribution in [0.2, 0.25) is 0 Å². The van der Waals surface area contributed by atoms with Gasteiger partial charge in [-0.25, -0.2) is 4.39 Å². The Morgan fingerprint density at radius 2 is 2.06 bits per heavy atom. The maximum atomic E-state index is 13.8. The van der Waals surface area contributed by atoms with E-state index in [4.69, 9.17) is 15.2 Å². The second-order valence-electron chi connectivity index (χ2n) is 4.37. The second kappa shape index (κ2) is 7.71. The Hall–Kier alpha value is -0.650. The third-order valence-electron chi connectivity index (χ3n) is 2.28. The van der Waals surface area contributed by atoms with Crippen molar-refractivity contribution in [1.29, 1.82) is 0 Å². The summed E-state index contributed by atoms with van der Waals surface area (Å²) in [7, 11) is 0. The third-order valence-corrected chi connectivity index (χ3v) is 3.14. The molecule has 0 saturated heterocycles. The summed E-state index contributed by atoms with van der Waals surface area (Å²) < 4.78 is 24.9. The topological polar surface area (TPSA) is 44.5 Å². The summed E-state index contributed by atoms with van der Waals surface area (Å²) in [5.74, 6) is 0.286. The summed E-state index contributed by atoms with van der Waals surface area (Å²) in [5.41, 5.74) is 6.20. The van der Waals surface area contributed by atoms with E-state index in [9.17, 15) is 4.39 Å². The fourth-order valence-corrected chi connectivity index (χ4v) is 1.86. The van der Waals surface area contributed by atoms with E-state index < -0.39 is 5.82 Å². The van der Waals surface area contributed by atoms with Crippen molar-refractivity contribution in [3.8, 4) is 5.75 Å². The molecule has 1 aromatic carbocycles. The normalized spacial score (nSPS) is 11.0. The quantitative estimate of drug-likeness (QED) is 0.785. The average molecular weight is 320 g/mol. The minimum atomic E-state index is -0.415. The second-order valence-corrected chi connectivity index (χ2v) is 5.17. The van der Waals surface area contributed by atoms with E-state index in [0.717, 1.165) is 5.56 Å². The van der Waals surface area contributed by atoms with Crippen LogP contribution in [0.15, 0.2) is 16.6 Å². The molecule has 102 valence electrons. The molecule has 2 N–H and O–H groups in total. The molecule has 0 atom stereocenters. The van der Waals surface area contributed by atoms with E-state index in [1.165, 1.54) is 0 Å². The lowest BCUT2D eigenvalue weighted by atomic mass is 10.2. The van der Waals surface area contributed by atoms with Crippen LogP contribution in [0.25, 0.3) is 0 Å². The van der Waals surface area contributed by atoms with E-state index in [-0.39, 0.29) is 12.3 Å². The summed E-state index contributed by atoms with van der Waals surface area (Å²) in [6, 6.07) is 3.34. The van der Waals surface area contributed by atoms with Gasteiger partial charge in [-0.05, 0) is 33.5 Å². The van der Waals surface area contributed by atoms with E-state index in [1.54, 1.807) is 12.1 Å². The van der Waals surface area contributed by atoms with E-state index in [1.807, 2.05) is 0 Å². The summed E-state index contributed by atoms with van der Waals surface area (Å²) in [6.07, 6.45) is 0. The van der Waals surface area contributed by atoms with Gasteiger partial charge in [0.15, 0.2) is 11.6 Å². The SMILES string of the molecule is CC(C)COCCOc1ccc(CN)c(Br)c1F. The monoisotopic (exact) mass is 319 g/mol. The van der Waals surface area contributed by atoms with Crippen molar-refractivity contribution < 1.29 is 13.9 Å². The van der Waals surface area contributed by atoms with Gasteiger partial charge >= 0.3 is 0 Å². The van der Waals surface area contributed by atoms with Gasteiger partial charge in [-0.15, -0.1) is 0 Å². The number of benzene rings is 1. The van der Waals surface area contributed by atoms with Crippen LogP contribution in [0, 0.1) is 11.7 Å². The Morgan fingerprint density at radius 1 is 1.33 bits per heavy atom. The highest BCUT2D eigenvalue weighted by Gasteiger charge is 2.11. The molecule has 0 aliphatic heterocycles. The minimum absolute atomic E-state index is 0.215. The Kier molecular flexibility index (Phi) is 6.60. The first kappa shape index (κ1) is 15.4. The van der Waals surface area contributed by atoms with Crippen molar-refractivity contribution in [2.75, 3.05) is 19.8 Å². The van der Waals surface area contributed by atoms with Crippen LogP contribution in [0.4, 0.5) is 4.39 Å². The Bertz CT molecular complexity index is 385. The number of nitrogens with two attached hydrogens (primary N) is 1. The fraction of sp³-hybridized carbons (Fsp3) is 0.538. The van der Waals surface area contributed by atoms with Crippen molar-refractivity contribution in [3.05, 3.63) is 28.0 Å². The molecule has 3 nitrogen and oxygen atoms in total. The van der Waals surface area contributed by atoms with E-state index in [2.05, 4.69) is 29.8 Å². The van der Waals surface area contributed by atoms with Crippen molar-refractivity contribution in [2.45, 2.75) is 20.4 Å². The maximum Gasteiger partial charge on any atom is 0.179 e. The highest BCUT2D eigenvalue weighted by Crippen LogP contribution is 2.28.